The number of methoxy groups -OCH3 is 1. The summed E-state index contributed by atoms with van der Waals surface area (Å²) in [7, 11) is 1.33. The standard InChI is InChI=1S/C7H6BrNO4/c1-13-3-2-4(8)9-5(6(3)10)7(11)12/h2,10H,1H3,(H,11,12). The fourth-order valence-corrected chi connectivity index (χ4v) is 1.18. The number of aromatic carboxylic acids is 1. The molecule has 70 valence electrons. The van der Waals surface area contributed by atoms with Crippen molar-refractivity contribution in [2.24, 2.45) is 0 Å². The van der Waals surface area contributed by atoms with Crippen LogP contribution in [0.15, 0.2) is 10.7 Å². The third-order valence-corrected chi connectivity index (χ3v) is 1.76. The summed E-state index contributed by atoms with van der Waals surface area (Å²) in [6.45, 7) is 0. The zero-order valence-corrected chi connectivity index (χ0v) is 8.20. The van der Waals surface area contributed by atoms with Crippen molar-refractivity contribution >= 4 is 21.9 Å². The second-order valence-corrected chi connectivity index (χ2v) is 2.96. The minimum atomic E-state index is -1.31. The smallest absolute Gasteiger partial charge is 0.358 e. The molecule has 1 aromatic heterocycles. The first-order chi connectivity index (χ1) is 6.06. The van der Waals surface area contributed by atoms with Crippen LogP contribution >= 0.6 is 15.9 Å². The molecule has 0 amide bonds. The zero-order chi connectivity index (χ0) is 10.0. The Morgan fingerprint density at radius 3 is 2.77 bits per heavy atom. The van der Waals surface area contributed by atoms with Crippen molar-refractivity contribution in [3.8, 4) is 11.5 Å². The van der Waals surface area contributed by atoms with Crippen LogP contribution in [0.4, 0.5) is 0 Å². The Bertz CT molecular complexity index is 353. The first kappa shape index (κ1) is 9.79. The Hall–Kier alpha value is -1.30. The van der Waals surface area contributed by atoms with E-state index in [1.165, 1.54) is 13.2 Å². The Morgan fingerprint density at radius 1 is 1.69 bits per heavy atom. The fourth-order valence-electron chi connectivity index (χ4n) is 0.790. The molecule has 0 atom stereocenters. The van der Waals surface area contributed by atoms with Gasteiger partial charge in [-0.05, 0) is 15.9 Å². The molecule has 0 fully saturated rings. The van der Waals surface area contributed by atoms with Gasteiger partial charge >= 0.3 is 5.97 Å². The molecular weight excluding hydrogens is 242 g/mol. The van der Waals surface area contributed by atoms with Crippen molar-refractivity contribution in [2.45, 2.75) is 0 Å². The molecule has 0 aliphatic carbocycles. The van der Waals surface area contributed by atoms with Gasteiger partial charge in [0.1, 0.15) is 4.60 Å². The van der Waals surface area contributed by atoms with E-state index >= 15 is 0 Å². The molecule has 0 saturated carbocycles. The van der Waals surface area contributed by atoms with Crippen LogP contribution in [0.3, 0.4) is 0 Å². The van der Waals surface area contributed by atoms with Crippen LogP contribution in [0.5, 0.6) is 11.5 Å². The van der Waals surface area contributed by atoms with E-state index in [-0.39, 0.29) is 5.75 Å². The van der Waals surface area contributed by atoms with Gasteiger partial charge in [0.15, 0.2) is 17.2 Å². The Morgan fingerprint density at radius 2 is 2.31 bits per heavy atom. The third kappa shape index (κ3) is 1.89. The largest absolute Gasteiger partial charge is 0.503 e. The van der Waals surface area contributed by atoms with Crippen LogP contribution in [0.1, 0.15) is 10.5 Å². The number of halogens is 1. The van der Waals surface area contributed by atoms with Gasteiger partial charge in [-0.15, -0.1) is 0 Å². The summed E-state index contributed by atoms with van der Waals surface area (Å²) < 4.78 is 5.02. The second kappa shape index (κ2) is 3.61. The van der Waals surface area contributed by atoms with Gasteiger partial charge < -0.3 is 14.9 Å². The van der Waals surface area contributed by atoms with Crippen molar-refractivity contribution < 1.29 is 19.7 Å². The van der Waals surface area contributed by atoms with Gasteiger partial charge in [-0.2, -0.15) is 0 Å². The van der Waals surface area contributed by atoms with Crippen LogP contribution in [0.25, 0.3) is 0 Å². The lowest BCUT2D eigenvalue weighted by atomic mass is 10.3. The number of ether oxygens (including phenoxy) is 1. The van der Waals surface area contributed by atoms with Crippen LogP contribution < -0.4 is 4.74 Å². The highest BCUT2D eigenvalue weighted by Gasteiger charge is 2.17. The Balaban J connectivity index is 3.35. The summed E-state index contributed by atoms with van der Waals surface area (Å²) >= 11 is 2.99. The molecule has 2 N–H and O–H groups in total. The number of carbonyl (C=O) groups is 1. The lowest BCUT2D eigenvalue weighted by Crippen LogP contribution is -2.02. The summed E-state index contributed by atoms with van der Waals surface area (Å²) in [6, 6.07) is 1.38. The monoisotopic (exact) mass is 247 g/mol. The van der Waals surface area contributed by atoms with Gasteiger partial charge in [-0.3, -0.25) is 0 Å². The summed E-state index contributed by atoms with van der Waals surface area (Å²) in [5.74, 6) is -1.71. The quantitative estimate of drug-likeness (QED) is 0.770. The molecule has 0 saturated heterocycles. The molecule has 13 heavy (non-hydrogen) atoms. The number of hydrogen-bond donors (Lipinski definition) is 2. The van der Waals surface area contributed by atoms with E-state index in [1.54, 1.807) is 0 Å². The highest BCUT2D eigenvalue weighted by atomic mass is 79.9. The van der Waals surface area contributed by atoms with Gasteiger partial charge in [0, 0.05) is 6.07 Å². The van der Waals surface area contributed by atoms with E-state index in [1.807, 2.05) is 0 Å². The number of pyridine rings is 1. The molecule has 0 spiro atoms. The van der Waals surface area contributed by atoms with Gasteiger partial charge in [-0.25, -0.2) is 9.78 Å². The van der Waals surface area contributed by atoms with Crippen LogP contribution in [-0.4, -0.2) is 28.3 Å². The molecule has 1 rings (SSSR count). The molecule has 1 aromatic rings. The SMILES string of the molecule is COc1cc(Br)nc(C(=O)O)c1O. The second-order valence-electron chi connectivity index (χ2n) is 2.15. The van der Waals surface area contributed by atoms with Gasteiger partial charge in [0.2, 0.25) is 0 Å². The molecule has 0 radical (unpaired) electrons. The predicted octanol–water partition coefficient (Wildman–Crippen LogP) is 1.26. The van der Waals surface area contributed by atoms with E-state index in [0.29, 0.717) is 4.60 Å². The minimum absolute atomic E-state index is 0.0688. The van der Waals surface area contributed by atoms with E-state index < -0.39 is 17.4 Å². The number of carboxylic acids is 1. The maximum atomic E-state index is 10.5. The molecular formula is C7H6BrNO4. The van der Waals surface area contributed by atoms with Crippen molar-refractivity contribution in [2.75, 3.05) is 7.11 Å². The maximum Gasteiger partial charge on any atom is 0.358 e. The molecule has 6 heteroatoms. The first-order valence-electron chi connectivity index (χ1n) is 3.23. The van der Waals surface area contributed by atoms with Crippen molar-refractivity contribution in [1.29, 1.82) is 0 Å². The van der Waals surface area contributed by atoms with Crippen LogP contribution in [-0.2, 0) is 0 Å². The lowest BCUT2D eigenvalue weighted by Gasteiger charge is -2.05. The van der Waals surface area contributed by atoms with Crippen LogP contribution in [0.2, 0.25) is 0 Å². The number of aromatic hydroxyl groups is 1. The van der Waals surface area contributed by atoms with E-state index in [0.717, 1.165) is 0 Å². The summed E-state index contributed by atoms with van der Waals surface area (Å²) in [5.41, 5.74) is -0.439. The average molecular weight is 248 g/mol. The number of rotatable bonds is 2. The van der Waals surface area contributed by atoms with Crippen molar-refractivity contribution in [3.05, 3.63) is 16.4 Å². The Kier molecular flexibility index (Phi) is 2.72. The van der Waals surface area contributed by atoms with E-state index in [9.17, 15) is 9.90 Å². The average Bonchev–Trinajstić information content (AvgIpc) is 2.08. The van der Waals surface area contributed by atoms with Gasteiger partial charge in [-0.1, -0.05) is 0 Å². The third-order valence-electron chi connectivity index (χ3n) is 1.35. The van der Waals surface area contributed by atoms with Crippen molar-refractivity contribution in [1.82, 2.24) is 4.98 Å². The normalized spacial score (nSPS) is 9.69. The molecule has 0 bridgehead atoms. The summed E-state index contributed by atoms with van der Waals surface area (Å²) in [4.78, 5) is 14.1. The van der Waals surface area contributed by atoms with Crippen LogP contribution in [0, 0.1) is 0 Å². The lowest BCUT2D eigenvalue weighted by molar-refractivity contribution is 0.0686. The molecule has 5 nitrogen and oxygen atoms in total. The molecule has 0 aliphatic heterocycles. The highest BCUT2D eigenvalue weighted by Crippen LogP contribution is 2.30. The Labute approximate surface area is 82.1 Å². The number of nitrogens with zero attached hydrogens (tertiary/aromatic N) is 1. The van der Waals surface area contributed by atoms with E-state index in [4.69, 9.17) is 9.84 Å². The first-order valence-corrected chi connectivity index (χ1v) is 4.02. The minimum Gasteiger partial charge on any atom is -0.503 e. The molecule has 0 aromatic carbocycles. The summed E-state index contributed by atoms with van der Waals surface area (Å²) in [5, 5.41) is 17.9. The number of carboxylic acid groups (broad SMARTS) is 1. The maximum absolute atomic E-state index is 10.5. The van der Waals surface area contributed by atoms with Gasteiger partial charge in [0.25, 0.3) is 0 Å². The highest BCUT2D eigenvalue weighted by molar-refractivity contribution is 9.10. The molecule has 0 aliphatic rings. The van der Waals surface area contributed by atoms with Gasteiger partial charge in [0.05, 0.1) is 7.11 Å². The topological polar surface area (TPSA) is 79.7 Å². The number of aromatic nitrogens is 1. The zero-order valence-electron chi connectivity index (χ0n) is 6.61. The molecule has 0 unspecified atom stereocenters. The predicted molar refractivity (Wildman–Crippen MR) is 47.1 cm³/mol. The van der Waals surface area contributed by atoms with Crippen molar-refractivity contribution in [3.63, 3.8) is 0 Å². The molecule has 1 heterocycles. The number of hydrogen-bond acceptors (Lipinski definition) is 4. The van der Waals surface area contributed by atoms with E-state index in [2.05, 4.69) is 20.9 Å². The summed E-state index contributed by atoms with van der Waals surface area (Å²) in [6.07, 6.45) is 0. The fraction of sp³-hybridized carbons (Fsp3) is 0.143.